The van der Waals surface area contributed by atoms with Gasteiger partial charge in [-0.1, -0.05) is 0 Å². The maximum Gasteiger partial charge on any atom is 0.340 e. The van der Waals surface area contributed by atoms with Gasteiger partial charge in [-0.2, -0.15) is 5.26 Å². The molecule has 0 unspecified atom stereocenters. The third kappa shape index (κ3) is 1.72. The number of nitrogens with zero attached hydrogens (tertiary/aromatic N) is 1. The van der Waals surface area contributed by atoms with E-state index in [1.54, 1.807) is 6.92 Å². The molecule has 0 aliphatic carbocycles. The Morgan fingerprint density at radius 2 is 2.21 bits per heavy atom. The van der Waals surface area contributed by atoms with Crippen LogP contribution >= 0.6 is 0 Å². The van der Waals surface area contributed by atoms with Crippen molar-refractivity contribution in [3.8, 4) is 6.07 Å². The summed E-state index contributed by atoms with van der Waals surface area (Å²) >= 11 is 0. The van der Waals surface area contributed by atoms with Crippen LogP contribution in [0.4, 0.5) is 4.39 Å². The summed E-state index contributed by atoms with van der Waals surface area (Å²) in [6.45, 7) is 1.60. The van der Waals surface area contributed by atoms with Crippen molar-refractivity contribution in [1.29, 1.82) is 5.26 Å². The molecule has 0 radical (unpaired) electrons. The molecule has 0 aliphatic rings. The van der Waals surface area contributed by atoms with Crippen LogP contribution in [0.5, 0.6) is 0 Å². The molecule has 72 valence electrons. The standard InChI is InChI=1S/C10H8FNO2/c1-6-3-9(11)8(10(13)14-2)4-7(6)5-12/h3-4H,1-2H3. The van der Waals surface area contributed by atoms with Crippen LogP contribution in [0.2, 0.25) is 0 Å². The van der Waals surface area contributed by atoms with Gasteiger partial charge < -0.3 is 4.74 Å². The van der Waals surface area contributed by atoms with E-state index in [-0.39, 0.29) is 11.1 Å². The van der Waals surface area contributed by atoms with Crippen LogP contribution < -0.4 is 0 Å². The number of benzene rings is 1. The maximum absolute atomic E-state index is 13.2. The third-order valence-electron chi connectivity index (χ3n) is 1.84. The summed E-state index contributed by atoms with van der Waals surface area (Å²) in [6.07, 6.45) is 0. The van der Waals surface area contributed by atoms with Gasteiger partial charge >= 0.3 is 5.97 Å². The Morgan fingerprint density at radius 1 is 1.57 bits per heavy atom. The number of aryl methyl sites for hydroxylation is 1. The van der Waals surface area contributed by atoms with Gasteiger partial charge in [-0.05, 0) is 24.6 Å². The molecule has 0 atom stereocenters. The number of carbonyl (C=O) groups is 1. The number of hydrogen-bond donors (Lipinski definition) is 0. The molecule has 1 aromatic carbocycles. The minimum absolute atomic E-state index is 0.213. The summed E-state index contributed by atoms with van der Waals surface area (Å²) in [5, 5.41) is 8.66. The zero-order valence-corrected chi connectivity index (χ0v) is 7.80. The summed E-state index contributed by atoms with van der Waals surface area (Å²) in [7, 11) is 1.16. The largest absolute Gasteiger partial charge is 0.465 e. The van der Waals surface area contributed by atoms with E-state index >= 15 is 0 Å². The molecule has 0 saturated carbocycles. The predicted molar refractivity (Wildman–Crippen MR) is 47.2 cm³/mol. The van der Waals surface area contributed by atoms with Gasteiger partial charge in [-0.3, -0.25) is 0 Å². The Kier molecular flexibility index (Phi) is 2.82. The highest BCUT2D eigenvalue weighted by Gasteiger charge is 2.14. The maximum atomic E-state index is 13.2. The smallest absolute Gasteiger partial charge is 0.340 e. The first-order valence-corrected chi connectivity index (χ1v) is 3.88. The molecule has 0 aliphatic heterocycles. The fourth-order valence-electron chi connectivity index (χ4n) is 1.06. The van der Waals surface area contributed by atoms with Crippen molar-refractivity contribution in [2.45, 2.75) is 6.92 Å². The van der Waals surface area contributed by atoms with Crippen LogP contribution in [0.25, 0.3) is 0 Å². The first-order valence-electron chi connectivity index (χ1n) is 3.88. The molecule has 0 N–H and O–H groups in total. The Labute approximate surface area is 80.7 Å². The lowest BCUT2D eigenvalue weighted by molar-refractivity contribution is 0.0595. The molecule has 0 heterocycles. The lowest BCUT2D eigenvalue weighted by atomic mass is 10.1. The number of ether oxygens (including phenoxy) is 1. The second kappa shape index (κ2) is 3.88. The van der Waals surface area contributed by atoms with E-state index in [9.17, 15) is 9.18 Å². The van der Waals surface area contributed by atoms with E-state index < -0.39 is 11.8 Å². The number of hydrogen-bond acceptors (Lipinski definition) is 3. The fourth-order valence-corrected chi connectivity index (χ4v) is 1.06. The van der Waals surface area contributed by atoms with Crippen LogP contribution in [0.3, 0.4) is 0 Å². The minimum atomic E-state index is -0.779. The first-order chi connectivity index (χ1) is 6.60. The van der Waals surface area contributed by atoms with Crippen LogP contribution in [-0.4, -0.2) is 13.1 Å². The molecule has 14 heavy (non-hydrogen) atoms. The van der Waals surface area contributed by atoms with E-state index in [0.717, 1.165) is 13.2 Å². The molecule has 0 fully saturated rings. The number of carbonyl (C=O) groups excluding carboxylic acids is 1. The number of halogens is 1. The number of methoxy groups -OCH3 is 1. The fraction of sp³-hybridized carbons (Fsp3) is 0.200. The molecule has 0 spiro atoms. The molecule has 0 bridgehead atoms. The van der Waals surface area contributed by atoms with Crippen LogP contribution in [0, 0.1) is 24.1 Å². The molecule has 3 nitrogen and oxygen atoms in total. The quantitative estimate of drug-likeness (QED) is 0.639. The van der Waals surface area contributed by atoms with Crippen LogP contribution in [-0.2, 0) is 4.74 Å². The molecular weight excluding hydrogens is 185 g/mol. The topological polar surface area (TPSA) is 50.1 Å². The summed E-state index contributed by atoms with van der Waals surface area (Å²) < 4.78 is 17.6. The summed E-state index contributed by atoms with van der Waals surface area (Å²) in [6, 6.07) is 4.20. The average Bonchev–Trinajstić information content (AvgIpc) is 2.17. The number of esters is 1. The molecule has 0 amide bonds. The molecule has 1 rings (SSSR count). The highest BCUT2D eigenvalue weighted by molar-refractivity contribution is 5.90. The van der Waals surface area contributed by atoms with Gasteiger partial charge in [-0.15, -0.1) is 0 Å². The Morgan fingerprint density at radius 3 is 2.71 bits per heavy atom. The van der Waals surface area contributed by atoms with Crippen molar-refractivity contribution in [2.75, 3.05) is 7.11 Å². The molecule has 4 heteroatoms. The highest BCUT2D eigenvalue weighted by Crippen LogP contribution is 2.15. The molecule has 1 aromatic rings. The summed E-state index contributed by atoms with van der Waals surface area (Å²) in [4.78, 5) is 11.0. The van der Waals surface area contributed by atoms with Gasteiger partial charge in [0.1, 0.15) is 5.82 Å². The Bertz CT molecular complexity index is 421. The van der Waals surface area contributed by atoms with Crippen molar-refractivity contribution in [3.05, 3.63) is 34.6 Å². The second-order valence-corrected chi connectivity index (χ2v) is 2.75. The van der Waals surface area contributed by atoms with E-state index in [1.807, 2.05) is 6.07 Å². The summed E-state index contributed by atoms with van der Waals surface area (Å²) in [5.74, 6) is -1.45. The normalized spacial score (nSPS) is 9.29. The summed E-state index contributed by atoms with van der Waals surface area (Å²) in [5.41, 5.74) is 0.555. The van der Waals surface area contributed by atoms with Gasteiger partial charge in [0.05, 0.1) is 24.3 Å². The number of rotatable bonds is 1. The number of nitriles is 1. The van der Waals surface area contributed by atoms with E-state index in [4.69, 9.17) is 5.26 Å². The van der Waals surface area contributed by atoms with Gasteiger partial charge in [0.15, 0.2) is 0 Å². The van der Waals surface area contributed by atoms with E-state index in [0.29, 0.717) is 5.56 Å². The van der Waals surface area contributed by atoms with Gasteiger partial charge in [-0.25, -0.2) is 9.18 Å². The second-order valence-electron chi connectivity index (χ2n) is 2.75. The zero-order chi connectivity index (χ0) is 10.7. The zero-order valence-electron chi connectivity index (χ0n) is 7.80. The van der Waals surface area contributed by atoms with Crippen molar-refractivity contribution in [1.82, 2.24) is 0 Å². The Hall–Kier alpha value is -1.89. The third-order valence-corrected chi connectivity index (χ3v) is 1.84. The predicted octanol–water partition coefficient (Wildman–Crippen LogP) is 1.79. The van der Waals surface area contributed by atoms with Gasteiger partial charge in [0, 0.05) is 0 Å². The van der Waals surface area contributed by atoms with Crippen molar-refractivity contribution in [2.24, 2.45) is 0 Å². The molecule has 0 saturated heterocycles. The highest BCUT2D eigenvalue weighted by atomic mass is 19.1. The first kappa shape index (κ1) is 10.2. The van der Waals surface area contributed by atoms with Gasteiger partial charge in [0.2, 0.25) is 0 Å². The monoisotopic (exact) mass is 193 g/mol. The van der Waals surface area contributed by atoms with E-state index in [2.05, 4.69) is 4.74 Å². The van der Waals surface area contributed by atoms with Crippen molar-refractivity contribution < 1.29 is 13.9 Å². The van der Waals surface area contributed by atoms with Crippen LogP contribution in [0.15, 0.2) is 12.1 Å². The lowest BCUT2D eigenvalue weighted by Gasteiger charge is -2.03. The minimum Gasteiger partial charge on any atom is -0.465 e. The average molecular weight is 193 g/mol. The SMILES string of the molecule is COC(=O)c1cc(C#N)c(C)cc1F. The molecular formula is C10H8FNO2. The van der Waals surface area contributed by atoms with Crippen molar-refractivity contribution >= 4 is 5.97 Å². The van der Waals surface area contributed by atoms with Crippen LogP contribution in [0.1, 0.15) is 21.5 Å². The lowest BCUT2D eigenvalue weighted by Crippen LogP contribution is -2.05. The molecule has 0 aromatic heterocycles. The Balaban J connectivity index is 3.33. The van der Waals surface area contributed by atoms with Crippen molar-refractivity contribution in [3.63, 3.8) is 0 Å². The van der Waals surface area contributed by atoms with Gasteiger partial charge in [0.25, 0.3) is 0 Å². The van der Waals surface area contributed by atoms with E-state index in [1.165, 1.54) is 6.07 Å².